The van der Waals surface area contributed by atoms with Crippen LogP contribution in [0.25, 0.3) is 0 Å². The number of ether oxygens (including phenoxy) is 2. The van der Waals surface area contributed by atoms with Gasteiger partial charge in [0.05, 0.1) is 30.1 Å². The van der Waals surface area contributed by atoms with Crippen molar-refractivity contribution >= 4 is 31.3 Å². The molecule has 0 spiro atoms. The number of alkyl halides is 1. The molecule has 3 N–H and O–H groups in total. The fourth-order valence-electron chi connectivity index (χ4n) is 3.61. The molecule has 1 heterocycles. The molecule has 2 aromatic rings. The highest BCUT2D eigenvalue weighted by molar-refractivity contribution is 8.13. The summed E-state index contributed by atoms with van der Waals surface area (Å²) in [6.07, 6.45) is -1.08. The van der Waals surface area contributed by atoms with Crippen LogP contribution in [-0.4, -0.2) is 81.6 Å². The molecule has 0 aromatic heterocycles. The first-order valence-electron chi connectivity index (χ1n) is 10.0. The smallest absolute Gasteiger partial charge is 0.222 e. The van der Waals surface area contributed by atoms with E-state index in [4.69, 9.17) is 31.3 Å². The van der Waals surface area contributed by atoms with Gasteiger partial charge in [-0.05, 0) is 35.4 Å². The van der Waals surface area contributed by atoms with Gasteiger partial charge in [-0.3, -0.25) is 0 Å². The highest BCUT2D eigenvalue weighted by Crippen LogP contribution is 2.48. The van der Waals surface area contributed by atoms with E-state index >= 15 is 0 Å². The van der Waals surface area contributed by atoms with Crippen LogP contribution < -0.4 is 9.47 Å². The van der Waals surface area contributed by atoms with E-state index in [9.17, 15) is 21.9 Å². The predicted molar refractivity (Wildman–Crippen MR) is 122 cm³/mol. The number of sulfone groups is 2. The lowest BCUT2D eigenvalue weighted by Gasteiger charge is -2.28. The second kappa shape index (κ2) is 10.2. The second-order valence-corrected chi connectivity index (χ2v) is 12.9. The number of aliphatic hydroxyl groups excluding tert-OH is 3. The summed E-state index contributed by atoms with van der Waals surface area (Å²) in [6.45, 7) is -0.926. The lowest BCUT2D eigenvalue weighted by Crippen LogP contribution is -2.39. The van der Waals surface area contributed by atoms with Gasteiger partial charge in [0.15, 0.2) is 19.7 Å². The van der Waals surface area contributed by atoms with Crippen molar-refractivity contribution in [3.63, 3.8) is 0 Å². The van der Waals surface area contributed by atoms with Crippen molar-refractivity contribution in [1.29, 1.82) is 0 Å². The van der Waals surface area contributed by atoms with Crippen LogP contribution in [0.5, 0.6) is 11.5 Å². The molecular formula is C21H25ClO9S2. The van der Waals surface area contributed by atoms with Crippen molar-refractivity contribution in [2.24, 2.45) is 0 Å². The van der Waals surface area contributed by atoms with Crippen LogP contribution in [0.3, 0.4) is 0 Å². The van der Waals surface area contributed by atoms with Gasteiger partial charge in [0.25, 0.3) is 0 Å². The average molecular weight is 521 g/mol. The molecule has 0 amide bonds. The molecule has 2 atom stereocenters. The van der Waals surface area contributed by atoms with Crippen molar-refractivity contribution in [3.05, 3.63) is 59.7 Å². The molecule has 2 aromatic carbocycles. The van der Waals surface area contributed by atoms with E-state index in [1.807, 2.05) is 0 Å². The number of hydrogen-bond acceptors (Lipinski definition) is 9. The van der Waals surface area contributed by atoms with Crippen LogP contribution >= 0.6 is 11.6 Å². The maximum absolute atomic E-state index is 13.2. The summed E-state index contributed by atoms with van der Waals surface area (Å²) in [6, 6.07) is 11.2. The Labute approximate surface area is 197 Å². The third-order valence-corrected chi connectivity index (χ3v) is 11.5. The lowest BCUT2D eigenvalue weighted by atomic mass is 10.0. The minimum atomic E-state index is -4.14. The molecule has 1 aliphatic heterocycles. The molecule has 0 aliphatic carbocycles. The predicted octanol–water partition coefficient (Wildman–Crippen LogP) is 0.441. The van der Waals surface area contributed by atoms with Crippen molar-refractivity contribution in [2.75, 3.05) is 37.9 Å². The molecule has 2 unspecified atom stereocenters. The van der Waals surface area contributed by atoms with Gasteiger partial charge in [0.2, 0.25) is 4.08 Å². The van der Waals surface area contributed by atoms with Crippen LogP contribution in [-0.2, 0) is 23.8 Å². The standard InChI is InChI=1S/C21H25ClO9S2/c22-17(11-23)13-30-19-5-1-15(2-6-19)21(32(26,27)9-10-33(21,28)29)16-3-7-20(8-4-16)31-14-18(25)12-24/h1-8,17-18,23-25H,9-14H2. The van der Waals surface area contributed by atoms with Crippen LogP contribution in [0, 0.1) is 0 Å². The van der Waals surface area contributed by atoms with E-state index < -0.39 is 53.3 Å². The lowest BCUT2D eigenvalue weighted by molar-refractivity contribution is 0.0536. The highest BCUT2D eigenvalue weighted by atomic mass is 35.5. The first-order valence-corrected chi connectivity index (χ1v) is 13.8. The molecule has 0 radical (unpaired) electrons. The van der Waals surface area contributed by atoms with E-state index in [-0.39, 0.29) is 36.7 Å². The molecule has 0 bridgehead atoms. The Kier molecular flexibility index (Phi) is 7.92. The van der Waals surface area contributed by atoms with Gasteiger partial charge in [0, 0.05) is 0 Å². The van der Waals surface area contributed by atoms with Crippen LogP contribution in [0.2, 0.25) is 0 Å². The molecule has 0 saturated carbocycles. The third kappa shape index (κ3) is 4.98. The van der Waals surface area contributed by atoms with Gasteiger partial charge in [-0.2, -0.15) is 0 Å². The molecule has 12 heteroatoms. The maximum Gasteiger partial charge on any atom is 0.222 e. The number of aliphatic hydroxyl groups is 3. The summed E-state index contributed by atoms with van der Waals surface area (Å²) < 4.78 is 61.4. The average Bonchev–Trinajstić information content (AvgIpc) is 3.01. The Morgan fingerprint density at radius 3 is 1.61 bits per heavy atom. The topological polar surface area (TPSA) is 147 Å². The summed E-state index contributed by atoms with van der Waals surface area (Å²) in [7, 11) is -8.29. The van der Waals surface area contributed by atoms with Crippen LogP contribution in [0.4, 0.5) is 0 Å². The SMILES string of the molecule is O=S1(=O)CCS(=O)(=O)C1(c1ccc(OCC(O)CO)cc1)c1ccc(OCC(Cl)CO)cc1. The Balaban J connectivity index is 2.01. The van der Waals surface area contributed by atoms with Crippen LogP contribution in [0.1, 0.15) is 11.1 Å². The van der Waals surface area contributed by atoms with E-state index in [1.54, 1.807) is 0 Å². The van der Waals surface area contributed by atoms with Crippen molar-refractivity contribution in [3.8, 4) is 11.5 Å². The number of benzene rings is 2. The van der Waals surface area contributed by atoms with E-state index in [2.05, 4.69) is 0 Å². The van der Waals surface area contributed by atoms with Crippen molar-refractivity contribution in [1.82, 2.24) is 0 Å². The zero-order valence-corrected chi connectivity index (χ0v) is 19.9. The summed E-state index contributed by atoms with van der Waals surface area (Å²) in [5.74, 6) is -0.415. The number of rotatable bonds is 10. The number of hydrogen-bond donors (Lipinski definition) is 3. The van der Waals surface area contributed by atoms with Gasteiger partial charge in [0.1, 0.15) is 30.8 Å². The molecule has 1 fully saturated rings. The number of halogens is 1. The Morgan fingerprint density at radius 2 is 1.21 bits per heavy atom. The van der Waals surface area contributed by atoms with E-state index in [0.717, 1.165) is 0 Å². The van der Waals surface area contributed by atoms with Gasteiger partial charge in [-0.1, -0.05) is 24.3 Å². The molecular weight excluding hydrogens is 496 g/mol. The zero-order valence-electron chi connectivity index (χ0n) is 17.5. The molecule has 33 heavy (non-hydrogen) atoms. The largest absolute Gasteiger partial charge is 0.492 e. The first kappa shape index (κ1) is 25.7. The van der Waals surface area contributed by atoms with Gasteiger partial charge >= 0.3 is 0 Å². The van der Waals surface area contributed by atoms with E-state index in [1.165, 1.54) is 48.5 Å². The summed E-state index contributed by atoms with van der Waals surface area (Å²) in [5, 5.41) is 26.7. The summed E-state index contributed by atoms with van der Waals surface area (Å²) in [4.78, 5) is 0. The Bertz CT molecular complexity index is 1050. The van der Waals surface area contributed by atoms with Crippen molar-refractivity contribution in [2.45, 2.75) is 15.6 Å². The van der Waals surface area contributed by atoms with Crippen LogP contribution in [0.15, 0.2) is 48.5 Å². The maximum atomic E-state index is 13.2. The second-order valence-electron chi connectivity index (χ2n) is 7.54. The van der Waals surface area contributed by atoms with Gasteiger partial charge in [-0.15, -0.1) is 11.6 Å². The summed E-state index contributed by atoms with van der Waals surface area (Å²) in [5.41, 5.74) is 0.103. The fourth-order valence-corrected chi connectivity index (χ4v) is 10.0. The zero-order chi connectivity index (χ0) is 24.3. The molecule has 1 aliphatic rings. The minimum absolute atomic E-state index is 0.0194. The minimum Gasteiger partial charge on any atom is -0.492 e. The Morgan fingerprint density at radius 1 is 0.788 bits per heavy atom. The molecule has 9 nitrogen and oxygen atoms in total. The molecule has 1 saturated heterocycles. The van der Waals surface area contributed by atoms with Crippen molar-refractivity contribution < 1.29 is 41.6 Å². The highest BCUT2D eigenvalue weighted by Gasteiger charge is 2.62. The fraction of sp³-hybridized carbons (Fsp3) is 0.429. The molecule has 182 valence electrons. The normalized spacial score (nSPS) is 20.1. The van der Waals surface area contributed by atoms with Gasteiger partial charge < -0.3 is 24.8 Å². The quantitative estimate of drug-likeness (QED) is 0.379. The van der Waals surface area contributed by atoms with E-state index in [0.29, 0.717) is 5.75 Å². The Hall–Kier alpha value is -1.89. The first-order chi connectivity index (χ1) is 15.6. The molecule has 3 rings (SSSR count). The summed E-state index contributed by atoms with van der Waals surface area (Å²) >= 11 is 5.82. The van der Waals surface area contributed by atoms with Gasteiger partial charge in [-0.25, -0.2) is 16.8 Å². The third-order valence-electron chi connectivity index (χ3n) is 5.25. The monoisotopic (exact) mass is 520 g/mol.